The van der Waals surface area contributed by atoms with Gasteiger partial charge in [0.15, 0.2) is 0 Å². The van der Waals surface area contributed by atoms with Crippen LogP contribution in [0.5, 0.6) is 0 Å². The highest BCUT2D eigenvalue weighted by Crippen LogP contribution is 2.13. The van der Waals surface area contributed by atoms with Crippen molar-refractivity contribution in [2.24, 2.45) is 0 Å². The van der Waals surface area contributed by atoms with Crippen LogP contribution in [0.15, 0.2) is 10.5 Å². The van der Waals surface area contributed by atoms with Crippen LogP contribution in [0.4, 0.5) is 0 Å². The Kier molecular flexibility index (Phi) is 3.05. The van der Waals surface area contributed by atoms with Gasteiger partial charge in [-0.1, -0.05) is 12.5 Å². The van der Waals surface area contributed by atoms with Gasteiger partial charge in [-0.25, -0.2) is 0 Å². The predicted octanol–water partition coefficient (Wildman–Crippen LogP) is 1.58. The van der Waals surface area contributed by atoms with Crippen LogP contribution in [0, 0.1) is 0 Å². The molecule has 0 amide bonds. The van der Waals surface area contributed by atoms with Crippen LogP contribution in [0.2, 0.25) is 0 Å². The van der Waals surface area contributed by atoms with Gasteiger partial charge in [0.25, 0.3) is 10.1 Å². The van der Waals surface area contributed by atoms with Gasteiger partial charge in [-0.15, -0.1) is 0 Å². The molecular weight excluding hydrogens is 152 g/mol. The van der Waals surface area contributed by atoms with E-state index >= 15 is 0 Å². The molecule has 0 aromatic carbocycles. The fourth-order valence-corrected chi connectivity index (χ4v) is 1.67. The van der Waals surface area contributed by atoms with Crippen molar-refractivity contribution in [2.45, 2.75) is 27.2 Å². The molecule has 3 nitrogen and oxygen atoms in total. The summed E-state index contributed by atoms with van der Waals surface area (Å²) in [6, 6.07) is 0. The number of rotatable bonds is 2. The van der Waals surface area contributed by atoms with Crippen molar-refractivity contribution in [2.75, 3.05) is 0 Å². The van der Waals surface area contributed by atoms with Crippen molar-refractivity contribution in [1.82, 2.24) is 0 Å². The van der Waals surface area contributed by atoms with Gasteiger partial charge >= 0.3 is 0 Å². The van der Waals surface area contributed by atoms with Crippen LogP contribution in [-0.4, -0.2) is 13.0 Å². The van der Waals surface area contributed by atoms with E-state index in [4.69, 9.17) is 4.55 Å². The second-order valence-corrected chi connectivity index (χ2v) is 3.69. The van der Waals surface area contributed by atoms with E-state index in [1.165, 1.54) is 0 Å². The van der Waals surface area contributed by atoms with E-state index in [0.29, 0.717) is 12.0 Å². The number of hydrogen-bond acceptors (Lipinski definition) is 2. The monoisotopic (exact) mass is 164 g/mol. The van der Waals surface area contributed by atoms with E-state index in [2.05, 4.69) is 0 Å². The van der Waals surface area contributed by atoms with Crippen LogP contribution < -0.4 is 0 Å². The van der Waals surface area contributed by atoms with E-state index in [1.807, 2.05) is 0 Å². The molecule has 0 rings (SSSR count). The van der Waals surface area contributed by atoms with Crippen LogP contribution in [0.25, 0.3) is 0 Å². The summed E-state index contributed by atoms with van der Waals surface area (Å²) in [6.45, 7) is 5.01. The van der Waals surface area contributed by atoms with Crippen LogP contribution in [0.1, 0.15) is 27.2 Å². The maximum Gasteiger partial charge on any atom is 0.290 e. The van der Waals surface area contributed by atoms with Gasteiger partial charge in [0.2, 0.25) is 0 Å². The Bertz CT molecular complexity index is 232. The molecule has 0 aromatic rings. The van der Waals surface area contributed by atoms with E-state index in [-0.39, 0.29) is 4.91 Å². The Morgan fingerprint density at radius 2 is 1.80 bits per heavy atom. The van der Waals surface area contributed by atoms with Gasteiger partial charge in [-0.05, 0) is 20.3 Å². The second kappa shape index (κ2) is 3.16. The molecule has 10 heavy (non-hydrogen) atoms. The molecule has 0 saturated heterocycles. The average Bonchev–Trinajstić information content (AvgIpc) is 1.60. The minimum atomic E-state index is -3.93. The van der Waals surface area contributed by atoms with Crippen molar-refractivity contribution < 1.29 is 13.0 Å². The number of hydrogen-bond donors (Lipinski definition) is 1. The van der Waals surface area contributed by atoms with Gasteiger partial charge in [0, 0.05) is 0 Å². The summed E-state index contributed by atoms with van der Waals surface area (Å²) >= 11 is 0. The second-order valence-electron chi connectivity index (χ2n) is 2.25. The lowest BCUT2D eigenvalue weighted by molar-refractivity contribution is 0.489. The molecule has 1 N–H and O–H groups in total. The Morgan fingerprint density at radius 3 is 1.80 bits per heavy atom. The Balaban J connectivity index is 4.93. The van der Waals surface area contributed by atoms with Gasteiger partial charge in [-0.3, -0.25) is 4.55 Å². The lowest BCUT2D eigenvalue weighted by Gasteiger charge is -2.00. The minimum Gasteiger partial charge on any atom is -0.282 e. The third kappa shape index (κ3) is 2.49. The summed E-state index contributed by atoms with van der Waals surface area (Å²) < 4.78 is 29.6. The molecule has 0 heterocycles. The van der Waals surface area contributed by atoms with E-state index < -0.39 is 10.1 Å². The van der Waals surface area contributed by atoms with Crippen molar-refractivity contribution >= 4 is 10.1 Å². The lowest BCUT2D eigenvalue weighted by atomic mass is 10.3. The van der Waals surface area contributed by atoms with Crippen LogP contribution in [0.3, 0.4) is 0 Å². The predicted molar refractivity (Wildman–Crippen MR) is 40.2 cm³/mol. The first kappa shape index (κ1) is 9.65. The van der Waals surface area contributed by atoms with Gasteiger partial charge in [-0.2, -0.15) is 8.42 Å². The van der Waals surface area contributed by atoms with Crippen molar-refractivity contribution in [3.8, 4) is 0 Å². The maximum absolute atomic E-state index is 10.5. The fraction of sp³-hybridized carbons (Fsp3) is 0.667. The lowest BCUT2D eigenvalue weighted by Crippen LogP contribution is -2.02. The molecule has 4 heteroatoms. The molecule has 0 fully saturated rings. The highest BCUT2D eigenvalue weighted by Gasteiger charge is 2.11. The van der Waals surface area contributed by atoms with E-state index in [0.717, 1.165) is 0 Å². The standard InChI is InChI=1S/C6H12O3S/c1-4-6(5(2)3)10(7,8)9/h4H2,1-3H3,(H,7,8,9). The quantitative estimate of drug-likeness (QED) is 0.630. The summed E-state index contributed by atoms with van der Waals surface area (Å²) in [7, 11) is -3.93. The van der Waals surface area contributed by atoms with Crippen LogP contribution in [-0.2, 0) is 10.1 Å². The van der Waals surface area contributed by atoms with Gasteiger partial charge < -0.3 is 0 Å². The molecule has 0 atom stereocenters. The Hall–Kier alpha value is -0.350. The summed E-state index contributed by atoms with van der Waals surface area (Å²) in [4.78, 5) is 0.118. The molecule has 0 aliphatic rings. The summed E-state index contributed by atoms with van der Waals surface area (Å²) in [6.07, 6.45) is 0.348. The average molecular weight is 164 g/mol. The SMILES string of the molecule is CCC(=C(C)C)S(=O)(=O)O. The summed E-state index contributed by atoms with van der Waals surface area (Å²) in [5, 5.41) is 0. The first-order chi connectivity index (χ1) is 4.39. The smallest absolute Gasteiger partial charge is 0.282 e. The van der Waals surface area contributed by atoms with Gasteiger partial charge in [0.05, 0.1) is 4.91 Å². The normalized spacial score (nSPS) is 11.2. The first-order valence-corrected chi connectivity index (χ1v) is 4.47. The summed E-state index contributed by atoms with van der Waals surface area (Å²) in [5.74, 6) is 0. The zero-order valence-corrected chi connectivity index (χ0v) is 7.20. The molecule has 0 radical (unpaired) electrons. The van der Waals surface area contributed by atoms with E-state index in [1.54, 1.807) is 20.8 Å². The summed E-state index contributed by atoms with van der Waals surface area (Å²) in [5.41, 5.74) is 0.644. The molecule has 60 valence electrons. The maximum atomic E-state index is 10.5. The number of allylic oxidation sites excluding steroid dienone is 2. The van der Waals surface area contributed by atoms with Crippen molar-refractivity contribution in [3.63, 3.8) is 0 Å². The molecule has 0 bridgehead atoms. The minimum absolute atomic E-state index is 0.118. The third-order valence-corrected chi connectivity index (χ3v) is 2.51. The first-order valence-electron chi connectivity index (χ1n) is 3.03. The van der Waals surface area contributed by atoms with Gasteiger partial charge in [0.1, 0.15) is 0 Å². The van der Waals surface area contributed by atoms with E-state index in [9.17, 15) is 8.42 Å². The van der Waals surface area contributed by atoms with Crippen molar-refractivity contribution in [1.29, 1.82) is 0 Å². The third-order valence-electron chi connectivity index (χ3n) is 1.19. The molecule has 0 aliphatic carbocycles. The zero-order chi connectivity index (χ0) is 8.36. The van der Waals surface area contributed by atoms with Crippen molar-refractivity contribution in [3.05, 3.63) is 10.5 Å². The topological polar surface area (TPSA) is 54.4 Å². The Labute approximate surface area is 61.5 Å². The highest BCUT2D eigenvalue weighted by molar-refractivity contribution is 7.89. The molecule has 0 spiro atoms. The highest BCUT2D eigenvalue weighted by atomic mass is 32.2. The molecule has 0 saturated carbocycles. The zero-order valence-electron chi connectivity index (χ0n) is 6.38. The fourth-order valence-electron chi connectivity index (χ4n) is 0.794. The molecular formula is C6H12O3S. The molecule has 0 aromatic heterocycles. The van der Waals surface area contributed by atoms with Crippen LogP contribution >= 0.6 is 0 Å². The Morgan fingerprint density at radius 1 is 1.40 bits per heavy atom. The largest absolute Gasteiger partial charge is 0.290 e. The molecule has 0 unspecified atom stereocenters. The molecule has 0 aliphatic heterocycles.